The molecule has 2 aliphatic carbocycles. The molecule has 1 saturated carbocycles. The number of fused-ring (bicyclic) bond motifs is 1. The Balaban J connectivity index is 2.29. The summed E-state index contributed by atoms with van der Waals surface area (Å²) in [5.74, 6) is 0.449. The summed E-state index contributed by atoms with van der Waals surface area (Å²) < 4.78 is 0. The van der Waals surface area contributed by atoms with Gasteiger partial charge < -0.3 is 5.73 Å². The highest BCUT2D eigenvalue weighted by molar-refractivity contribution is 5.69. The first kappa shape index (κ1) is 3.23. The first-order valence-corrected chi connectivity index (χ1v) is 2.26. The molecule has 2 aliphatic rings. The molecule has 2 atom stereocenters. The molecular weight excluding hydrogens is 88.1 g/mol. The normalized spacial score (nSPS) is 42.3. The highest BCUT2D eigenvalue weighted by Gasteiger charge is 2.60. The van der Waals surface area contributed by atoms with Crippen molar-refractivity contribution in [2.75, 3.05) is 0 Å². The molecule has 2 heteroatoms. The van der Waals surface area contributed by atoms with Gasteiger partial charge in [-0.2, -0.15) is 5.26 Å². The number of nitriles is 1. The van der Waals surface area contributed by atoms with Crippen LogP contribution in [0, 0.1) is 17.2 Å². The lowest BCUT2D eigenvalue weighted by Crippen LogP contribution is -2.06. The average molecular weight is 92.1 g/mol. The van der Waals surface area contributed by atoms with Gasteiger partial charge in [-0.25, -0.2) is 0 Å². The van der Waals surface area contributed by atoms with Crippen LogP contribution in [0.15, 0.2) is 11.1 Å². The van der Waals surface area contributed by atoms with Crippen molar-refractivity contribution >= 4 is 0 Å². The Morgan fingerprint density at radius 3 is 2.43 bits per heavy atom. The van der Waals surface area contributed by atoms with Gasteiger partial charge in [0.05, 0.1) is 6.07 Å². The van der Waals surface area contributed by atoms with Crippen molar-refractivity contribution in [1.29, 1.82) is 5.26 Å². The lowest BCUT2D eigenvalue weighted by molar-refractivity contribution is 0.942. The maximum Gasteiger partial charge on any atom is 0.0954 e. The summed E-state index contributed by atoms with van der Waals surface area (Å²) >= 11 is 0. The van der Waals surface area contributed by atoms with Crippen LogP contribution in [-0.4, -0.2) is 6.04 Å². The van der Waals surface area contributed by atoms with Crippen LogP contribution in [0.25, 0.3) is 0 Å². The van der Waals surface area contributed by atoms with Gasteiger partial charge in [0.2, 0.25) is 0 Å². The number of hydrogen-bond acceptors (Lipinski definition) is 2. The molecule has 0 aromatic rings. The fourth-order valence-corrected chi connectivity index (χ4v) is 0.938. The molecule has 1 unspecified atom stereocenters. The summed E-state index contributed by atoms with van der Waals surface area (Å²) in [5, 5.41) is 8.16. The van der Waals surface area contributed by atoms with Crippen LogP contribution < -0.4 is 5.73 Å². The predicted octanol–water partition coefficient (Wildman–Crippen LogP) is -0.223. The Hall–Kier alpha value is -0.810. The summed E-state index contributed by atoms with van der Waals surface area (Å²) in [4.78, 5) is 0. The molecule has 0 heterocycles. The van der Waals surface area contributed by atoms with Gasteiger partial charge in [-0.3, -0.25) is 0 Å². The van der Waals surface area contributed by atoms with Crippen molar-refractivity contribution in [2.45, 2.75) is 6.04 Å². The minimum atomic E-state index is 0.287. The molecule has 7 heavy (non-hydrogen) atoms. The predicted molar refractivity (Wildman–Crippen MR) is 24.1 cm³/mol. The summed E-state index contributed by atoms with van der Waals surface area (Å²) in [6, 6.07) is 2.36. The molecule has 1 fully saturated rings. The Morgan fingerprint density at radius 2 is 2.29 bits per heavy atom. The first-order valence-electron chi connectivity index (χ1n) is 2.26. The smallest absolute Gasteiger partial charge is 0.0954 e. The zero-order valence-electron chi connectivity index (χ0n) is 3.68. The summed E-state index contributed by atoms with van der Waals surface area (Å²) in [5.41, 5.74) is 7.53. The Kier molecular flexibility index (Phi) is 0.283. The van der Waals surface area contributed by atoms with E-state index < -0.39 is 0 Å². The number of hydrogen-bond donors (Lipinski definition) is 1. The Bertz CT molecular complexity index is 197. The molecule has 0 bridgehead atoms. The van der Waals surface area contributed by atoms with E-state index in [-0.39, 0.29) is 6.04 Å². The second kappa shape index (κ2) is 0.613. The van der Waals surface area contributed by atoms with Crippen molar-refractivity contribution in [1.82, 2.24) is 0 Å². The van der Waals surface area contributed by atoms with Gasteiger partial charge in [0, 0.05) is 17.5 Å². The van der Waals surface area contributed by atoms with Gasteiger partial charge in [-0.05, 0) is 5.57 Å². The fourth-order valence-electron chi connectivity index (χ4n) is 0.938. The summed E-state index contributed by atoms with van der Waals surface area (Å²) in [6.07, 6.45) is 0. The summed E-state index contributed by atoms with van der Waals surface area (Å²) in [6.45, 7) is 0. The van der Waals surface area contributed by atoms with Crippen molar-refractivity contribution in [3.05, 3.63) is 11.1 Å². The number of nitrogens with two attached hydrogens (primary N) is 1. The van der Waals surface area contributed by atoms with Gasteiger partial charge in [0.1, 0.15) is 0 Å². The monoisotopic (exact) mass is 92.0 g/mol. The highest BCUT2D eigenvalue weighted by Crippen LogP contribution is 2.59. The maximum atomic E-state index is 8.16. The SMILES string of the molecule is N#CC1=C2C1[C@H]2N. The van der Waals surface area contributed by atoms with E-state index in [1.165, 1.54) is 5.57 Å². The molecular formula is C5H4N2. The van der Waals surface area contributed by atoms with E-state index >= 15 is 0 Å². The van der Waals surface area contributed by atoms with Crippen LogP contribution in [0.5, 0.6) is 0 Å². The number of nitrogens with zero attached hydrogens (tertiary/aromatic N) is 1. The molecule has 34 valence electrons. The molecule has 0 aliphatic heterocycles. The molecule has 0 amide bonds. The van der Waals surface area contributed by atoms with Gasteiger partial charge in [-0.15, -0.1) is 0 Å². The van der Waals surface area contributed by atoms with E-state index in [9.17, 15) is 0 Å². The van der Waals surface area contributed by atoms with Gasteiger partial charge in [0.25, 0.3) is 0 Å². The van der Waals surface area contributed by atoms with E-state index in [1.807, 2.05) is 0 Å². The van der Waals surface area contributed by atoms with Gasteiger partial charge in [0.15, 0.2) is 0 Å². The second-order valence-corrected chi connectivity index (χ2v) is 1.98. The molecule has 0 aromatic heterocycles. The third-order valence-electron chi connectivity index (χ3n) is 1.60. The lowest BCUT2D eigenvalue weighted by Gasteiger charge is -1.83. The largest absolute Gasteiger partial charge is 0.323 e. The quantitative estimate of drug-likeness (QED) is 0.449. The molecule has 0 saturated heterocycles. The van der Waals surface area contributed by atoms with Crippen LogP contribution >= 0.6 is 0 Å². The average Bonchev–Trinajstić information content (AvgIpc) is 2.47. The van der Waals surface area contributed by atoms with E-state index in [4.69, 9.17) is 11.0 Å². The standard InChI is InChI=1S/C5H4N2/c6-1-2-3-4(2)5(3)7/h3,5H,7H2/t3?,5-/m1/s1. The molecule has 0 spiro atoms. The van der Waals surface area contributed by atoms with Gasteiger partial charge in [-0.1, -0.05) is 0 Å². The minimum Gasteiger partial charge on any atom is -0.323 e. The molecule has 2 N–H and O–H groups in total. The van der Waals surface area contributed by atoms with E-state index in [1.54, 1.807) is 0 Å². The van der Waals surface area contributed by atoms with Crippen LogP contribution in [0.2, 0.25) is 0 Å². The van der Waals surface area contributed by atoms with E-state index in [2.05, 4.69) is 6.07 Å². The fraction of sp³-hybridized carbons (Fsp3) is 0.400. The van der Waals surface area contributed by atoms with Crippen molar-refractivity contribution in [3.8, 4) is 6.07 Å². The second-order valence-electron chi connectivity index (χ2n) is 1.98. The summed E-state index contributed by atoms with van der Waals surface area (Å²) in [7, 11) is 0. The Labute approximate surface area is 41.2 Å². The lowest BCUT2D eigenvalue weighted by atomic mass is 10.3. The van der Waals surface area contributed by atoms with Crippen LogP contribution in [0.1, 0.15) is 0 Å². The van der Waals surface area contributed by atoms with Gasteiger partial charge >= 0.3 is 0 Å². The zero-order chi connectivity index (χ0) is 5.02. The van der Waals surface area contributed by atoms with Crippen LogP contribution in [-0.2, 0) is 0 Å². The molecule has 0 radical (unpaired) electrons. The first-order chi connectivity index (χ1) is 3.36. The van der Waals surface area contributed by atoms with Crippen molar-refractivity contribution in [2.24, 2.45) is 11.7 Å². The van der Waals surface area contributed by atoms with Crippen LogP contribution in [0.4, 0.5) is 0 Å². The topological polar surface area (TPSA) is 49.8 Å². The third-order valence-corrected chi connectivity index (χ3v) is 1.60. The Morgan fingerprint density at radius 1 is 1.71 bits per heavy atom. The molecule has 0 aromatic carbocycles. The highest BCUT2D eigenvalue weighted by atomic mass is 14.8. The zero-order valence-corrected chi connectivity index (χ0v) is 3.68. The van der Waals surface area contributed by atoms with E-state index in [0.717, 1.165) is 5.57 Å². The molecule has 2 rings (SSSR count). The minimum absolute atomic E-state index is 0.287. The van der Waals surface area contributed by atoms with Crippen LogP contribution in [0.3, 0.4) is 0 Å². The third kappa shape index (κ3) is 0.179. The number of rotatable bonds is 0. The van der Waals surface area contributed by atoms with Crippen molar-refractivity contribution in [3.63, 3.8) is 0 Å². The maximum absolute atomic E-state index is 8.16. The molecule has 2 nitrogen and oxygen atoms in total. The van der Waals surface area contributed by atoms with E-state index in [0.29, 0.717) is 5.92 Å². The van der Waals surface area contributed by atoms with Crippen molar-refractivity contribution < 1.29 is 0 Å².